The molecule has 1 N–H and O–H groups in total. The van der Waals surface area contributed by atoms with Crippen molar-refractivity contribution in [2.75, 3.05) is 0 Å². The number of carboxylic acids is 1. The number of aliphatic carboxylic acids is 1. The van der Waals surface area contributed by atoms with Crippen molar-refractivity contribution in [3.63, 3.8) is 0 Å². The number of halogens is 1. The fourth-order valence-electron chi connectivity index (χ4n) is 1.11. The van der Waals surface area contributed by atoms with Gasteiger partial charge in [0.2, 0.25) is 5.83 Å². The molecule has 0 saturated heterocycles. The third-order valence-electron chi connectivity index (χ3n) is 1.92. The Morgan fingerprint density at radius 2 is 2.07 bits per heavy atom. The minimum Gasteiger partial charge on any atom is -0.476 e. The second-order valence-electron chi connectivity index (χ2n) is 3.16. The molecule has 1 aromatic carbocycles. The summed E-state index contributed by atoms with van der Waals surface area (Å²) < 4.78 is 12.8. The molecular formula is C11H11FO2. The maximum Gasteiger partial charge on any atom is 0.364 e. The van der Waals surface area contributed by atoms with E-state index < -0.39 is 11.8 Å². The minimum atomic E-state index is -1.54. The molecule has 0 aliphatic rings. The zero-order valence-corrected chi connectivity index (χ0v) is 8.04. The summed E-state index contributed by atoms with van der Waals surface area (Å²) in [4.78, 5) is 10.3. The average Bonchev–Trinajstić information content (AvgIpc) is 2.11. The highest BCUT2D eigenvalue weighted by molar-refractivity contribution is 5.89. The summed E-state index contributed by atoms with van der Waals surface area (Å²) in [6.45, 7) is 3.68. The SMILES string of the molecule is Cc1ccc(C)c(/C=C(/F)C(=O)O)c1. The fraction of sp³-hybridized carbons (Fsp3) is 0.182. The Morgan fingerprint density at radius 1 is 1.43 bits per heavy atom. The highest BCUT2D eigenvalue weighted by Gasteiger charge is 2.06. The van der Waals surface area contributed by atoms with Crippen LogP contribution in [0.4, 0.5) is 4.39 Å². The monoisotopic (exact) mass is 194 g/mol. The molecule has 0 amide bonds. The van der Waals surface area contributed by atoms with Crippen molar-refractivity contribution in [3.8, 4) is 0 Å². The van der Waals surface area contributed by atoms with E-state index in [2.05, 4.69) is 0 Å². The number of carbonyl (C=O) groups is 1. The van der Waals surface area contributed by atoms with E-state index in [4.69, 9.17) is 5.11 Å². The van der Waals surface area contributed by atoms with Gasteiger partial charge in [0, 0.05) is 0 Å². The van der Waals surface area contributed by atoms with Crippen LogP contribution in [0, 0.1) is 13.8 Å². The second kappa shape index (κ2) is 4.05. The molecule has 0 aromatic heterocycles. The topological polar surface area (TPSA) is 37.3 Å². The van der Waals surface area contributed by atoms with E-state index in [1.165, 1.54) is 0 Å². The van der Waals surface area contributed by atoms with Crippen LogP contribution in [0.1, 0.15) is 16.7 Å². The van der Waals surface area contributed by atoms with Crippen molar-refractivity contribution in [2.24, 2.45) is 0 Å². The largest absolute Gasteiger partial charge is 0.476 e. The zero-order chi connectivity index (χ0) is 10.7. The van der Waals surface area contributed by atoms with E-state index in [1.807, 2.05) is 19.1 Å². The third-order valence-corrected chi connectivity index (χ3v) is 1.92. The van der Waals surface area contributed by atoms with E-state index in [0.29, 0.717) is 5.56 Å². The molecule has 14 heavy (non-hydrogen) atoms. The van der Waals surface area contributed by atoms with Crippen LogP contribution in [-0.4, -0.2) is 11.1 Å². The summed E-state index contributed by atoms with van der Waals surface area (Å²) in [6.07, 6.45) is 1.03. The predicted molar refractivity (Wildman–Crippen MR) is 52.6 cm³/mol. The second-order valence-corrected chi connectivity index (χ2v) is 3.16. The van der Waals surface area contributed by atoms with Crippen LogP contribution in [0.15, 0.2) is 24.0 Å². The van der Waals surface area contributed by atoms with Gasteiger partial charge in [-0.1, -0.05) is 23.8 Å². The summed E-state index contributed by atoms with van der Waals surface area (Å²) in [7, 11) is 0. The van der Waals surface area contributed by atoms with Gasteiger partial charge in [-0.25, -0.2) is 4.79 Å². The van der Waals surface area contributed by atoms with Gasteiger partial charge in [0.25, 0.3) is 0 Å². The molecule has 0 heterocycles. The Balaban J connectivity index is 3.13. The zero-order valence-electron chi connectivity index (χ0n) is 8.04. The smallest absolute Gasteiger partial charge is 0.364 e. The lowest BCUT2D eigenvalue weighted by Crippen LogP contribution is -1.95. The highest BCUT2D eigenvalue weighted by Crippen LogP contribution is 2.15. The average molecular weight is 194 g/mol. The number of hydrogen-bond donors (Lipinski definition) is 1. The first-order valence-electron chi connectivity index (χ1n) is 4.18. The van der Waals surface area contributed by atoms with E-state index in [-0.39, 0.29) is 0 Å². The molecule has 0 saturated carbocycles. The molecule has 3 heteroatoms. The van der Waals surface area contributed by atoms with Gasteiger partial charge in [-0.05, 0) is 31.1 Å². The minimum absolute atomic E-state index is 0.602. The molecule has 0 radical (unpaired) electrons. The Hall–Kier alpha value is -1.64. The van der Waals surface area contributed by atoms with E-state index in [9.17, 15) is 9.18 Å². The third kappa shape index (κ3) is 2.42. The normalized spacial score (nSPS) is 11.5. The van der Waals surface area contributed by atoms with Gasteiger partial charge in [-0.2, -0.15) is 4.39 Å². The van der Waals surface area contributed by atoms with Crippen molar-refractivity contribution in [1.82, 2.24) is 0 Å². The molecule has 0 spiro atoms. The number of aryl methyl sites for hydroxylation is 2. The first-order chi connectivity index (χ1) is 6.50. The molecule has 1 rings (SSSR count). The van der Waals surface area contributed by atoms with Gasteiger partial charge >= 0.3 is 5.97 Å². The quantitative estimate of drug-likeness (QED) is 0.735. The van der Waals surface area contributed by atoms with Crippen LogP contribution in [0.25, 0.3) is 6.08 Å². The van der Waals surface area contributed by atoms with Crippen LogP contribution in [0.2, 0.25) is 0 Å². The van der Waals surface area contributed by atoms with Crippen LogP contribution in [-0.2, 0) is 4.79 Å². The first kappa shape index (κ1) is 10.4. The van der Waals surface area contributed by atoms with Crippen molar-refractivity contribution >= 4 is 12.0 Å². The van der Waals surface area contributed by atoms with Crippen LogP contribution >= 0.6 is 0 Å². The lowest BCUT2D eigenvalue weighted by Gasteiger charge is -2.01. The molecule has 1 aromatic rings. The molecule has 0 atom stereocenters. The molecule has 0 aliphatic carbocycles. The summed E-state index contributed by atoms with van der Waals surface area (Å²) in [5, 5.41) is 8.36. The van der Waals surface area contributed by atoms with E-state index in [1.54, 1.807) is 13.0 Å². The Bertz CT molecular complexity index is 394. The molecular weight excluding hydrogens is 183 g/mol. The maximum atomic E-state index is 12.8. The number of carboxylic acid groups (broad SMARTS) is 1. The lowest BCUT2D eigenvalue weighted by molar-refractivity contribution is -0.134. The van der Waals surface area contributed by atoms with Gasteiger partial charge < -0.3 is 5.11 Å². The summed E-state index contributed by atoms with van der Waals surface area (Å²) in [5.74, 6) is -2.68. The lowest BCUT2D eigenvalue weighted by atomic mass is 10.1. The Labute approximate surface area is 81.7 Å². The van der Waals surface area contributed by atoms with Crippen molar-refractivity contribution < 1.29 is 14.3 Å². The summed E-state index contributed by atoms with van der Waals surface area (Å²) >= 11 is 0. The van der Waals surface area contributed by atoms with Crippen molar-refractivity contribution in [2.45, 2.75) is 13.8 Å². The number of hydrogen-bond acceptors (Lipinski definition) is 1. The van der Waals surface area contributed by atoms with Crippen LogP contribution < -0.4 is 0 Å². The Kier molecular flexibility index (Phi) is 3.02. The fourth-order valence-corrected chi connectivity index (χ4v) is 1.11. The standard InChI is InChI=1S/C11H11FO2/c1-7-3-4-8(2)9(5-7)6-10(12)11(13)14/h3-6H,1-2H3,(H,13,14)/b10-6+. The maximum absolute atomic E-state index is 12.8. The first-order valence-corrected chi connectivity index (χ1v) is 4.18. The van der Waals surface area contributed by atoms with E-state index in [0.717, 1.165) is 17.2 Å². The number of benzene rings is 1. The summed E-state index contributed by atoms with van der Waals surface area (Å²) in [5.41, 5.74) is 2.43. The van der Waals surface area contributed by atoms with Crippen LogP contribution in [0.3, 0.4) is 0 Å². The molecule has 0 unspecified atom stereocenters. The van der Waals surface area contributed by atoms with Gasteiger partial charge in [0.05, 0.1) is 0 Å². The van der Waals surface area contributed by atoms with Crippen molar-refractivity contribution in [1.29, 1.82) is 0 Å². The van der Waals surface area contributed by atoms with Crippen molar-refractivity contribution in [3.05, 3.63) is 40.7 Å². The highest BCUT2D eigenvalue weighted by atomic mass is 19.1. The molecule has 74 valence electrons. The van der Waals surface area contributed by atoms with Crippen LogP contribution in [0.5, 0.6) is 0 Å². The Morgan fingerprint density at radius 3 is 2.64 bits per heavy atom. The van der Waals surface area contributed by atoms with Gasteiger partial charge in [0.15, 0.2) is 0 Å². The number of rotatable bonds is 2. The predicted octanol–water partition coefficient (Wildman–Crippen LogP) is 2.70. The molecule has 0 fully saturated rings. The van der Waals surface area contributed by atoms with E-state index >= 15 is 0 Å². The van der Waals surface area contributed by atoms with Gasteiger partial charge in [-0.3, -0.25) is 0 Å². The molecule has 0 bridgehead atoms. The van der Waals surface area contributed by atoms with Gasteiger partial charge in [0.1, 0.15) is 0 Å². The molecule has 0 aliphatic heterocycles. The van der Waals surface area contributed by atoms with Gasteiger partial charge in [-0.15, -0.1) is 0 Å². The molecule has 2 nitrogen and oxygen atoms in total. The summed E-state index contributed by atoms with van der Waals surface area (Å²) in [6, 6.07) is 5.47.